The monoisotopic (exact) mass is 300 g/mol. The Morgan fingerprint density at radius 2 is 2.10 bits per heavy atom. The number of anilines is 1. The van der Waals surface area contributed by atoms with Gasteiger partial charge in [-0.15, -0.1) is 10.2 Å². The highest BCUT2D eigenvalue weighted by Gasteiger charge is 2.33. The Kier molecular flexibility index (Phi) is 3.61. The fourth-order valence-electron chi connectivity index (χ4n) is 3.44. The van der Waals surface area contributed by atoms with Gasteiger partial charge in [-0.05, 0) is 30.9 Å². The number of rotatable bonds is 3. The number of hydrogen-bond acceptors (Lipinski definition) is 5. The van der Waals surface area contributed by atoms with Crippen LogP contribution in [0.4, 0.5) is 5.13 Å². The maximum atomic E-state index is 4.42. The molecule has 0 saturated carbocycles. The van der Waals surface area contributed by atoms with Gasteiger partial charge in [0.2, 0.25) is 5.13 Å². The van der Waals surface area contributed by atoms with Crippen molar-refractivity contribution >= 4 is 16.5 Å². The van der Waals surface area contributed by atoms with Crippen molar-refractivity contribution in [3.8, 4) is 0 Å². The Labute approximate surface area is 129 Å². The summed E-state index contributed by atoms with van der Waals surface area (Å²) in [5.41, 5.74) is 1.30. The maximum absolute atomic E-state index is 4.42. The number of benzene rings is 1. The van der Waals surface area contributed by atoms with Crippen molar-refractivity contribution in [3.05, 3.63) is 40.9 Å². The predicted molar refractivity (Wildman–Crippen MR) is 85.9 cm³/mol. The second kappa shape index (κ2) is 5.73. The van der Waals surface area contributed by atoms with Crippen molar-refractivity contribution < 1.29 is 0 Å². The molecular weight excluding hydrogens is 280 g/mol. The van der Waals surface area contributed by atoms with Crippen molar-refractivity contribution in [1.29, 1.82) is 0 Å². The number of hydrogen-bond donors (Lipinski definition) is 1. The third-order valence-electron chi connectivity index (χ3n) is 4.58. The average Bonchev–Trinajstić information content (AvgIpc) is 3.16. The summed E-state index contributed by atoms with van der Waals surface area (Å²) in [4.78, 5) is 2.43. The molecule has 0 radical (unpaired) electrons. The van der Waals surface area contributed by atoms with Crippen molar-refractivity contribution in [1.82, 2.24) is 15.5 Å². The first-order valence-corrected chi connectivity index (χ1v) is 8.55. The molecule has 2 aliphatic heterocycles. The van der Waals surface area contributed by atoms with Gasteiger partial charge in [0.05, 0.1) is 0 Å². The van der Waals surface area contributed by atoms with Crippen LogP contribution >= 0.6 is 11.3 Å². The molecule has 3 heterocycles. The summed E-state index contributed by atoms with van der Waals surface area (Å²) in [7, 11) is 0. The van der Waals surface area contributed by atoms with Crippen molar-refractivity contribution in [3.63, 3.8) is 0 Å². The maximum Gasteiger partial charge on any atom is 0.208 e. The quantitative estimate of drug-likeness (QED) is 0.944. The van der Waals surface area contributed by atoms with Crippen molar-refractivity contribution in [2.24, 2.45) is 5.92 Å². The van der Waals surface area contributed by atoms with E-state index in [2.05, 4.69) is 50.7 Å². The van der Waals surface area contributed by atoms with Crippen LogP contribution in [0.3, 0.4) is 0 Å². The molecule has 0 unspecified atom stereocenters. The first-order chi connectivity index (χ1) is 10.4. The van der Waals surface area contributed by atoms with E-state index in [1.807, 2.05) is 0 Å². The van der Waals surface area contributed by atoms with Crippen LogP contribution in [-0.4, -0.2) is 35.9 Å². The molecule has 21 heavy (non-hydrogen) atoms. The zero-order valence-electron chi connectivity index (χ0n) is 12.0. The normalized spacial score (nSPS) is 25.0. The molecule has 1 aromatic heterocycles. The fourth-order valence-corrected chi connectivity index (χ4v) is 4.34. The van der Waals surface area contributed by atoms with E-state index in [0.717, 1.165) is 41.6 Å². The van der Waals surface area contributed by atoms with Gasteiger partial charge in [-0.1, -0.05) is 41.7 Å². The van der Waals surface area contributed by atoms with Gasteiger partial charge in [-0.2, -0.15) is 0 Å². The number of nitrogens with one attached hydrogen (secondary N) is 1. The molecule has 2 saturated heterocycles. The van der Waals surface area contributed by atoms with Crippen LogP contribution in [0.15, 0.2) is 30.3 Å². The van der Waals surface area contributed by atoms with Crippen LogP contribution in [0.5, 0.6) is 0 Å². The third kappa shape index (κ3) is 2.80. The smallest absolute Gasteiger partial charge is 0.208 e. The standard InChI is InChI=1S/C16H20N4S/c1-2-4-12(5-3-1)10-15-18-19-16(21-15)20-9-7-14-13(11-20)6-8-17-14/h1-5,13-14,17H,6-11H2/t13-,14+/m1/s1. The minimum absolute atomic E-state index is 0.734. The van der Waals surface area contributed by atoms with Gasteiger partial charge in [0.1, 0.15) is 5.01 Å². The molecule has 4 nitrogen and oxygen atoms in total. The van der Waals surface area contributed by atoms with Crippen molar-refractivity contribution in [2.75, 3.05) is 24.5 Å². The Balaban J connectivity index is 1.44. The van der Waals surface area contributed by atoms with Crippen molar-refractivity contribution in [2.45, 2.75) is 25.3 Å². The first kappa shape index (κ1) is 13.2. The second-order valence-electron chi connectivity index (χ2n) is 5.98. The molecular formula is C16H20N4S. The van der Waals surface area contributed by atoms with E-state index in [9.17, 15) is 0 Å². The summed E-state index contributed by atoms with van der Waals surface area (Å²) in [5, 5.41) is 14.6. The summed E-state index contributed by atoms with van der Waals surface area (Å²) in [6, 6.07) is 11.2. The lowest BCUT2D eigenvalue weighted by molar-refractivity contribution is 0.376. The van der Waals surface area contributed by atoms with Gasteiger partial charge in [-0.3, -0.25) is 0 Å². The zero-order valence-corrected chi connectivity index (χ0v) is 12.9. The summed E-state index contributed by atoms with van der Waals surface area (Å²) in [5.74, 6) is 0.792. The molecule has 1 N–H and O–H groups in total. The average molecular weight is 300 g/mol. The van der Waals surface area contributed by atoms with Gasteiger partial charge in [0, 0.05) is 25.6 Å². The van der Waals surface area contributed by atoms with E-state index < -0.39 is 0 Å². The molecule has 2 aromatic rings. The second-order valence-corrected chi connectivity index (χ2v) is 7.03. The van der Waals surface area contributed by atoms with Gasteiger partial charge >= 0.3 is 0 Å². The molecule has 4 rings (SSSR count). The zero-order chi connectivity index (χ0) is 14.1. The van der Waals surface area contributed by atoms with Gasteiger partial charge < -0.3 is 10.2 Å². The van der Waals surface area contributed by atoms with Crippen LogP contribution in [0.25, 0.3) is 0 Å². The Bertz CT molecular complexity index is 597. The molecule has 5 heteroatoms. The SMILES string of the molecule is c1ccc(Cc2nnc(N3CC[C@@H]4NCC[C@@H]4C3)s2)cc1. The van der Waals surface area contributed by atoms with Crippen LogP contribution in [0, 0.1) is 5.92 Å². The largest absolute Gasteiger partial charge is 0.346 e. The van der Waals surface area contributed by atoms with Crippen LogP contribution in [0.2, 0.25) is 0 Å². The number of aromatic nitrogens is 2. The van der Waals surface area contributed by atoms with Gasteiger partial charge in [-0.25, -0.2) is 0 Å². The predicted octanol–water partition coefficient (Wildman–Crippen LogP) is 2.32. The lowest BCUT2D eigenvalue weighted by Crippen LogP contribution is -2.44. The van der Waals surface area contributed by atoms with E-state index in [1.165, 1.54) is 24.9 Å². The first-order valence-electron chi connectivity index (χ1n) is 7.73. The summed E-state index contributed by atoms with van der Waals surface area (Å²) in [6.07, 6.45) is 3.43. The Morgan fingerprint density at radius 1 is 1.19 bits per heavy atom. The van der Waals surface area contributed by atoms with Crippen LogP contribution in [0.1, 0.15) is 23.4 Å². The molecule has 2 fully saturated rings. The highest BCUT2D eigenvalue weighted by Crippen LogP contribution is 2.30. The summed E-state index contributed by atoms with van der Waals surface area (Å²) < 4.78 is 0. The lowest BCUT2D eigenvalue weighted by atomic mass is 9.94. The molecule has 110 valence electrons. The Hall–Kier alpha value is -1.46. The van der Waals surface area contributed by atoms with E-state index >= 15 is 0 Å². The minimum atomic E-state index is 0.734. The summed E-state index contributed by atoms with van der Waals surface area (Å²) >= 11 is 1.75. The van der Waals surface area contributed by atoms with E-state index in [1.54, 1.807) is 11.3 Å². The highest BCUT2D eigenvalue weighted by molar-refractivity contribution is 7.15. The fraction of sp³-hybridized carbons (Fsp3) is 0.500. The Morgan fingerprint density at radius 3 is 3.00 bits per heavy atom. The molecule has 0 aliphatic carbocycles. The molecule has 1 aromatic carbocycles. The number of fused-ring (bicyclic) bond motifs is 1. The van der Waals surface area contributed by atoms with E-state index in [0.29, 0.717) is 0 Å². The number of piperidine rings is 1. The molecule has 2 aliphatic rings. The van der Waals surface area contributed by atoms with E-state index in [4.69, 9.17) is 0 Å². The van der Waals surface area contributed by atoms with Gasteiger partial charge in [0.25, 0.3) is 0 Å². The molecule has 0 spiro atoms. The topological polar surface area (TPSA) is 41.1 Å². The van der Waals surface area contributed by atoms with E-state index in [-0.39, 0.29) is 0 Å². The minimum Gasteiger partial charge on any atom is -0.346 e. The number of nitrogens with zero attached hydrogens (tertiary/aromatic N) is 3. The molecule has 0 amide bonds. The third-order valence-corrected chi connectivity index (χ3v) is 5.56. The molecule has 0 bridgehead atoms. The van der Waals surface area contributed by atoms with Gasteiger partial charge in [0.15, 0.2) is 0 Å². The van der Waals surface area contributed by atoms with Crippen LogP contribution < -0.4 is 10.2 Å². The molecule has 2 atom stereocenters. The summed E-state index contributed by atoms with van der Waals surface area (Å²) in [6.45, 7) is 3.42. The lowest BCUT2D eigenvalue weighted by Gasteiger charge is -2.34. The van der Waals surface area contributed by atoms with Crippen LogP contribution in [-0.2, 0) is 6.42 Å². The highest BCUT2D eigenvalue weighted by atomic mass is 32.1.